The van der Waals surface area contributed by atoms with Gasteiger partial charge in [0.05, 0.1) is 16.0 Å². The summed E-state index contributed by atoms with van der Waals surface area (Å²) in [6.45, 7) is 0. The Morgan fingerprint density at radius 2 is 1.75 bits per heavy atom. The summed E-state index contributed by atoms with van der Waals surface area (Å²) in [6.07, 6.45) is -3.75. The summed E-state index contributed by atoms with van der Waals surface area (Å²) in [6, 6.07) is 17.3. The molecule has 0 bridgehead atoms. The molecule has 5 nitrogen and oxygen atoms in total. The molecule has 0 aliphatic rings. The first-order valence-electron chi connectivity index (χ1n) is 10.1. The molecule has 0 spiro atoms. The van der Waals surface area contributed by atoms with Crippen molar-refractivity contribution < 1.29 is 27.1 Å². The number of carbonyl (C=O) groups is 1. The predicted octanol–water partition coefficient (Wildman–Crippen LogP) is 7.30. The van der Waals surface area contributed by atoms with E-state index in [1.807, 2.05) is 0 Å². The van der Waals surface area contributed by atoms with Crippen LogP contribution in [0.4, 0.5) is 13.2 Å². The second-order valence-electron chi connectivity index (χ2n) is 7.39. The maximum Gasteiger partial charge on any atom is 0.450 e. The highest BCUT2D eigenvalue weighted by Crippen LogP contribution is 2.40. The second-order valence-corrected chi connectivity index (χ2v) is 8.23. The quantitative estimate of drug-likeness (QED) is 0.120. The van der Waals surface area contributed by atoms with Gasteiger partial charge in [0.25, 0.3) is 0 Å². The summed E-state index contributed by atoms with van der Waals surface area (Å²) in [5.74, 6) is -2.84. The van der Waals surface area contributed by atoms with Crippen molar-refractivity contribution in [3.8, 4) is 22.9 Å². The van der Waals surface area contributed by atoms with Gasteiger partial charge in [0.1, 0.15) is 23.0 Å². The molecule has 36 heavy (non-hydrogen) atoms. The van der Waals surface area contributed by atoms with Crippen molar-refractivity contribution in [3.63, 3.8) is 0 Å². The minimum atomic E-state index is -5.05. The third-order valence-electron chi connectivity index (χ3n) is 4.98. The Kier molecular flexibility index (Phi) is 6.88. The van der Waals surface area contributed by atoms with E-state index in [1.165, 1.54) is 30.3 Å². The molecule has 0 radical (unpaired) electrons. The number of halogens is 5. The number of hydrogen-bond donors (Lipinski definition) is 0. The maximum atomic E-state index is 13.9. The van der Waals surface area contributed by atoms with Gasteiger partial charge < -0.3 is 9.15 Å². The van der Waals surface area contributed by atoms with E-state index in [0.29, 0.717) is 5.56 Å². The van der Waals surface area contributed by atoms with Gasteiger partial charge in [-0.15, -0.1) is 0 Å². The highest BCUT2D eigenvalue weighted by molar-refractivity contribution is 6.36. The van der Waals surface area contributed by atoms with E-state index in [2.05, 4.69) is 0 Å². The van der Waals surface area contributed by atoms with Gasteiger partial charge in [-0.05, 0) is 35.9 Å². The van der Waals surface area contributed by atoms with Crippen molar-refractivity contribution in [2.75, 3.05) is 0 Å². The van der Waals surface area contributed by atoms with Crippen LogP contribution in [0.3, 0.4) is 0 Å². The second kappa shape index (κ2) is 9.90. The van der Waals surface area contributed by atoms with Gasteiger partial charge in [-0.1, -0.05) is 59.6 Å². The standard InChI is InChI=1S/C26H12Cl2F3NO4/c27-16-6-8-18(20(28)11-16)22-23(33)19-9-7-17(12-21(19)36-24(22)26(29,30)31)35-25(34)15(13-32)10-14-4-2-1-3-5-14/h1-12H. The number of esters is 1. The Labute approximate surface area is 211 Å². The number of nitrogens with zero attached hydrogens (tertiary/aromatic N) is 1. The Morgan fingerprint density at radius 3 is 2.39 bits per heavy atom. The lowest BCUT2D eigenvalue weighted by molar-refractivity contribution is -0.152. The number of carbonyl (C=O) groups excluding carboxylic acids is 1. The molecular formula is C26H12Cl2F3NO4. The lowest BCUT2D eigenvalue weighted by Crippen LogP contribution is -2.16. The summed E-state index contributed by atoms with van der Waals surface area (Å²) in [5.41, 5.74) is -2.22. The zero-order valence-electron chi connectivity index (χ0n) is 17.9. The van der Waals surface area contributed by atoms with Crippen LogP contribution < -0.4 is 10.2 Å². The van der Waals surface area contributed by atoms with Crippen LogP contribution in [0, 0.1) is 11.3 Å². The fourth-order valence-electron chi connectivity index (χ4n) is 3.39. The Hall–Kier alpha value is -4.06. The minimum Gasteiger partial charge on any atom is -0.450 e. The molecule has 0 unspecified atom stereocenters. The van der Waals surface area contributed by atoms with Crippen LogP contribution >= 0.6 is 23.2 Å². The molecule has 4 rings (SSSR count). The number of nitriles is 1. The van der Waals surface area contributed by atoms with E-state index in [0.717, 1.165) is 12.1 Å². The topological polar surface area (TPSA) is 80.3 Å². The van der Waals surface area contributed by atoms with Crippen molar-refractivity contribution in [1.29, 1.82) is 5.26 Å². The molecule has 0 aliphatic carbocycles. The van der Waals surface area contributed by atoms with Gasteiger partial charge in [-0.2, -0.15) is 18.4 Å². The van der Waals surface area contributed by atoms with Crippen LogP contribution in [0.2, 0.25) is 10.0 Å². The third kappa shape index (κ3) is 5.13. The number of benzene rings is 3. The van der Waals surface area contributed by atoms with Crippen LogP contribution in [0.5, 0.6) is 5.75 Å². The van der Waals surface area contributed by atoms with Crippen molar-refractivity contribution in [2.45, 2.75) is 6.18 Å². The smallest absolute Gasteiger partial charge is 0.450 e. The lowest BCUT2D eigenvalue weighted by Gasteiger charge is -2.14. The van der Waals surface area contributed by atoms with Crippen LogP contribution in [0.1, 0.15) is 11.3 Å². The molecule has 0 N–H and O–H groups in total. The normalized spacial score (nSPS) is 11.8. The van der Waals surface area contributed by atoms with Crippen molar-refractivity contribution in [3.05, 3.63) is 104 Å². The molecule has 0 amide bonds. The highest BCUT2D eigenvalue weighted by Gasteiger charge is 2.40. The highest BCUT2D eigenvalue weighted by atomic mass is 35.5. The molecule has 1 aromatic heterocycles. The number of alkyl halides is 3. The van der Waals surface area contributed by atoms with Crippen LogP contribution in [-0.4, -0.2) is 5.97 Å². The van der Waals surface area contributed by atoms with Gasteiger partial charge in [0.15, 0.2) is 0 Å². The molecule has 4 aromatic rings. The van der Waals surface area contributed by atoms with Gasteiger partial charge in [0.2, 0.25) is 11.2 Å². The van der Waals surface area contributed by atoms with Crippen molar-refractivity contribution in [1.82, 2.24) is 0 Å². The van der Waals surface area contributed by atoms with Crippen molar-refractivity contribution in [2.24, 2.45) is 0 Å². The number of hydrogen-bond acceptors (Lipinski definition) is 5. The maximum absolute atomic E-state index is 13.9. The van der Waals surface area contributed by atoms with E-state index in [1.54, 1.807) is 36.4 Å². The van der Waals surface area contributed by atoms with E-state index in [9.17, 15) is 28.0 Å². The first-order chi connectivity index (χ1) is 17.1. The summed E-state index contributed by atoms with van der Waals surface area (Å²) < 4.78 is 51.9. The zero-order valence-corrected chi connectivity index (χ0v) is 19.4. The molecule has 0 fully saturated rings. The molecule has 0 atom stereocenters. The van der Waals surface area contributed by atoms with Crippen LogP contribution in [0.15, 0.2) is 81.5 Å². The minimum absolute atomic E-state index is 0.167. The Morgan fingerprint density at radius 1 is 1.03 bits per heavy atom. The van der Waals surface area contributed by atoms with Crippen LogP contribution in [-0.2, 0) is 11.0 Å². The largest absolute Gasteiger partial charge is 0.450 e. The average Bonchev–Trinajstić information content (AvgIpc) is 2.83. The fraction of sp³-hybridized carbons (Fsp3) is 0.0385. The lowest BCUT2D eigenvalue weighted by atomic mass is 10.0. The number of fused-ring (bicyclic) bond motifs is 1. The molecule has 0 saturated carbocycles. The Bertz CT molecular complexity index is 1620. The summed E-state index contributed by atoms with van der Waals surface area (Å²) in [5, 5.41) is 9.13. The molecular weight excluding hydrogens is 518 g/mol. The van der Waals surface area contributed by atoms with Gasteiger partial charge in [-0.3, -0.25) is 4.79 Å². The fourth-order valence-corrected chi connectivity index (χ4v) is 3.89. The van der Waals surface area contributed by atoms with Gasteiger partial charge >= 0.3 is 12.1 Å². The summed E-state index contributed by atoms with van der Waals surface area (Å²) in [7, 11) is 0. The zero-order chi connectivity index (χ0) is 26.0. The number of rotatable bonds is 4. The van der Waals surface area contributed by atoms with Gasteiger partial charge in [-0.25, -0.2) is 4.79 Å². The monoisotopic (exact) mass is 529 g/mol. The van der Waals surface area contributed by atoms with Crippen LogP contribution in [0.25, 0.3) is 28.2 Å². The average molecular weight is 530 g/mol. The first kappa shape index (κ1) is 25.0. The SMILES string of the molecule is N#CC(=Cc1ccccc1)C(=O)Oc1ccc2c(=O)c(-c3ccc(Cl)cc3Cl)c(C(F)(F)F)oc2c1. The molecule has 0 aliphatic heterocycles. The van der Waals surface area contributed by atoms with E-state index < -0.39 is 34.5 Å². The van der Waals surface area contributed by atoms with Gasteiger partial charge in [0, 0.05) is 16.7 Å². The molecule has 180 valence electrons. The Balaban J connectivity index is 1.79. The van der Waals surface area contributed by atoms with E-state index >= 15 is 0 Å². The van der Waals surface area contributed by atoms with E-state index in [4.69, 9.17) is 32.4 Å². The molecule has 0 saturated heterocycles. The predicted molar refractivity (Wildman–Crippen MR) is 129 cm³/mol. The first-order valence-corrected chi connectivity index (χ1v) is 10.9. The molecule has 3 aromatic carbocycles. The number of ether oxygens (including phenoxy) is 1. The summed E-state index contributed by atoms with van der Waals surface area (Å²) >= 11 is 11.9. The van der Waals surface area contributed by atoms with Crippen molar-refractivity contribution >= 4 is 46.2 Å². The third-order valence-corrected chi connectivity index (χ3v) is 5.53. The summed E-state index contributed by atoms with van der Waals surface area (Å²) in [4.78, 5) is 25.6. The molecule has 1 heterocycles. The van der Waals surface area contributed by atoms with E-state index in [-0.39, 0.29) is 32.3 Å². The molecule has 10 heteroatoms.